The van der Waals surface area contributed by atoms with Gasteiger partial charge < -0.3 is 5.43 Å². The zero-order chi connectivity index (χ0) is 10.1. The average molecular weight is 190 g/mol. The SMILES string of the molecule is Cc1cccc(C(F)(F)F)c1NN. The van der Waals surface area contributed by atoms with Crippen molar-refractivity contribution in [2.24, 2.45) is 5.84 Å². The zero-order valence-corrected chi connectivity index (χ0v) is 6.94. The van der Waals surface area contributed by atoms with Gasteiger partial charge in [0.25, 0.3) is 0 Å². The molecule has 1 aromatic carbocycles. The van der Waals surface area contributed by atoms with Gasteiger partial charge in [-0.05, 0) is 18.6 Å². The third-order valence-corrected chi connectivity index (χ3v) is 1.72. The van der Waals surface area contributed by atoms with Gasteiger partial charge in [0.1, 0.15) is 0 Å². The number of nitrogen functional groups attached to an aromatic ring is 1. The number of hydrazine groups is 1. The predicted molar refractivity (Wildman–Crippen MR) is 44.0 cm³/mol. The second-order valence-electron chi connectivity index (χ2n) is 2.64. The maximum absolute atomic E-state index is 12.3. The van der Waals surface area contributed by atoms with Gasteiger partial charge in [-0.25, -0.2) is 0 Å². The van der Waals surface area contributed by atoms with Gasteiger partial charge >= 0.3 is 6.18 Å². The van der Waals surface area contributed by atoms with Crippen LogP contribution in [0.25, 0.3) is 0 Å². The molecule has 0 bridgehead atoms. The van der Waals surface area contributed by atoms with Crippen molar-refractivity contribution in [3.63, 3.8) is 0 Å². The van der Waals surface area contributed by atoms with Crippen LogP contribution < -0.4 is 11.3 Å². The topological polar surface area (TPSA) is 38.0 Å². The van der Waals surface area contributed by atoms with E-state index in [0.717, 1.165) is 6.07 Å². The molecular formula is C8H9F3N2. The number of para-hydroxylation sites is 1. The molecule has 1 rings (SSSR count). The number of nitrogens with two attached hydrogens (primary N) is 1. The molecule has 0 aliphatic carbocycles. The number of hydrogen-bond acceptors (Lipinski definition) is 2. The number of hydrogen-bond donors (Lipinski definition) is 2. The highest BCUT2D eigenvalue weighted by molar-refractivity contribution is 5.57. The third kappa shape index (κ3) is 1.92. The standard InChI is InChI=1S/C8H9F3N2/c1-5-3-2-4-6(7(5)13-12)8(9,10)11/h2-4,13H,12H2,1H3. The Morgan fingerprint density at radius 3 is 2.31 bits per heavy atom. The molecule has 0 amide bonds. The molecule has 0 saturated carbocycles. The zero-order valence-electron chi connectivity index (χ0n) is 6.94. The number of anilines is 1. The number of halogens is 3. The van der Waals surface area contributed by atoms with Crippen LogP contribution in [0.2, 0.25) is 0 Å². The van der Waals surface area contributed by atoms with E-state index in [9.17, 15) is 13.2 Å². The lowest BCUT2D eigenvalue weighted by Gasteiger charge is -2.13. The Morgan fingerprint density at radius 1 is 1.31 bits per heavy atom. The molecule has 0 fully saturated rings. The Bertz CT molecular complexity index is 307. The summed E-state index contributed by atoms with van der Waals surface area (Å²) >= 11 is 0. The third-order valence-electron chi connectivity index (χ3n) is 1.72. The Morgan fingerprint density at radius 2 is 1.92 bits per heavy atom. The quantitative estimate of drug-likeness (QED) is 0.526. The molecule has 0 aliphatic rings. The maximum atomic E-state index is 12.3. The van der Waals surface area contributed by atoms with Gasteiger partial charge in [0.15, 0.2) is 0 Å². The van der Waals surface area contributed by atoms with E-state index in [-0.39, 0.29) is 5.69 Å². The molecule has 0 atom stereocenters. The largest absolute Gasteiger partial charge is 0.418 e. The second kappa shape index (κ2) is 3.26. The lowest BCUT2D eigenvalue weighted by molar-refractivity contribution is -0.137. The van der Waals surface area contributed by atoms with Crippen molar-refractivity contribution in [1.29, 1.82) is 0 Å². The molecule has 3 N–H and O–H groups in total. The Hall–Kier alpha value is -1.23. The van der Waals surface area contributed by atoms with Crippen LogP contribution in [0.1, 0.15) is 11.1 Å². The van der Waals surface area contributed by atoms with Crippen LogP contribution in [0.3, 0.4) is 0 Å². The highest BCUT2D eigenvalue weighted by atomic mass is 19.4. The average Bonchev–Trinajstić information content (AvgIpc) is 2.02. The lowest BCUT2D eigenvalue weighted by Crippen LogP contribution is -2.15. The molecule has 72 valence electrons. The number of benzene rings is 1. The Kier molecular flexibility index (Phi) is 2.47. The summed E-state index contributed by atoms with van der Waals surface area (Å²) in [4.78, 5) is 0. The van der Waals surface area contributed by atoms with Crippen molar-refractivity contribution in [2.75, 3.05) is 5.43 Å². The first-order chi connectivity index (χ1) is 5.96. The first-order valence-corrected chi connectivity index (χ1v) is 3.60. The molecule has 0 radical (unpaired) electrons. The fraction of sp³-hybridized carbons (Fsp3) is 0.250. The van der Waals surface area contributed by atoms with Crippen LogP contribution in [0.5, 0.6) is 0 Å². The summed E-state index contributed by atoms with van der Waals surface area (Å²) < 4.78 is 37.0. The summed E-state index contributed by atoms with van der Waals surface area (Å²) in [5, 5.41) is 0. The molecule has 2 nitrogen and oxygen atoms in total. The molecule has 0 saturated heterocycles. The van der Waals surface area contributed by atoms with E-state index >= 15 is 0 Å². The first kappa shape index (κ1) is 9.85. The van der Waals surface area contributed by atoms with Crippen LogP contribution in [0, 0.1) is 6.92 Å². The Balaban J connectivity index is 3.29. The Labute approximate surface area is 73.5 Å². The minimum Gasteiger partial charge on any atom is -0.323 e. The lowest BCUT2D eigenvalue weighted by atomic mass is 10.1. The van der Waals surface area contributed by atoms with Crippen LogP contribution >= 0.6 is 0 Å². The molecule has 0 unspecified atom stereocenters. The van der Waals surface area contributed by atoms with Crippen molar-refractivity contribution in [1.82, 2.24) is 0 Å². The second-order valence-corrected chi connectivity index (χ2v) is 2.64. The minimum absolute atomic E-state index is 0.0741. The first-order valence-electron chi connectivity index (χ1n) is 3.60. The van der Waals surface area contributed by atoms with E-state index in [1.807, 2.05) is 0 Å². The summed E-state index contributed by atoms with van der Waals surface area (Å²) in [6, 6.07) is 3.89. The van der Waals surface area contributed by atoms with E-state index in [2.05, 4.69) is 5.43 Å². The molecule has 5 heteroatoms. The van der Waals surface area contributed by atoms with E-state index in [0.29, 0.717) is 5.56 Å². The van der Waals surface area contributed by atoms with Gasteiger partial charge in [-0.15, -0.1) is 0 Å². The van der Waals surface area contributed by atoms with Crippen molar-refractivity contribution in [3.8, 4) is 0 Å². The smallest absolute Gasteiger partial charge is 0.323 e. The summed E-state index contributed by atoms with van der Waals surface area (Å²) in [7, 11) is 0. The molecule has 0 aromatic heterocycles. The van der Waals surface area contributed by atoms with Crippen molar-refractivity contribution in [2.45, 2.75) is 13.1 Å². The fourth-order valence-electron chi connectivity index (χ4n) is 1.10. The van der Waals surface area contributed by atoms with Gasteiger partial charge in [0.2, 0.25) is 0 Å². The number of nitrogens with one attached hydrogen (secondary N) is 1. The molecule has 0 heterocycles. The molecular weight excluding hydrogens is 181 g/mol. The molecule has 1 aromatic rings. The van der Waals surface area contributed by atoms with Gasteiger partial charge in [-0.3, -0.25) is 5.84 Å². The van der Waals surface area contributed by atoms with Crippen LogP contribution in [0.4, 0.5) is 18.9 Å². The predicted octanol–water partition coefficient (Wildman–Crippen LogP) is 2.30. The van der Waals surface area contributed by atoms with E-state index < -0.39 is 11.7 Å². The maximum Gasteiger partial charge on any atom is 0.418 e. The van der Waals surface area contributed by atoms with Crippen LogP contribution in [-0.4, -0.2) is 0 Å². The van der Waals surface area contributed by atoms with Gasteiger partial charge in [0, 0.05) is 0 Å². The molecule has 0 aliphatic heterocycles. The van der Waals surface area contributed by atoms with E-state index in [1.54, 1.807) is 13.0 Å². The van der Waals surface area contributed by atoms with E-state index in [1.165, 1.54) is 6.07 Å². The monoisotopic (exact) mass is 190 g/mol. The fourth-order valence-corrected chi connectivity index (χ4v) is 1.10. The summed E-state index contributed by atoms with van der Waals surface area (Å²) in [6.45, 7) is 1.56. The van der Waals surface area contributed by atoms with Crippen molar-refractivity contribution >= 4 is 5.69 Å². The highest BCUT2D eigenvalue weighted by Gasteiger charge is 2.33. The van der Waals surface area contributed by atoms with Crippen LogP contribution in [0.15, 0.2) is 18.2 Å². The van der Waals surface area contributed by atoms with Crippen molar-refractivity contribution in [3.05, 3.63) is 29.3 Å². The molecule has 0 spiro atoms. The highest BCUT2D eigenvalue weighted by Crippen LogP contribution is 2.35. The normalized spacial score (nSPS) is 11.5. The summed E-state index contributed by atoms with van der Waals surface area (Å²) in [5.74, 6) is 5.00. The molecule has 13 heavy (non-hydrogen) atoms. The number of rotatable bonds is 1. The van der Waals surface area contributed by atoms with E-state index in [4.69, 9.17) is 5.84 Å². The van der Waals surface area contributed by atoms with Gasteiger partial charge in [0.05, 0.1) is 11.3 Å². The van der Waals surface area contributed by atoms with Gasteiger partial charge in [-0.2, -0.15) is 13.2 Å². The number of alkyl halides is 3. The summed E-state index contributed by atoms with van der Waals surface area (Å²) in [6.07, 6.45) is -4.37. The van der Waals surface area contributed by atoms with Gasteiger partial charge in [-0.1, -0.05) is 12.1 Å². The van der Waals surface area contributed by atoms with Crippen LogP contribution in [-0.2, 0) is 6.18 Å². The minimum atomic E-state index is -4.37. The van der Waals surface area contributed by atoms with Crippen molar-refractivity contribution < 1.29 is 13.2 Å². The summed E-state index contributed by atoms with van der Waals surface area (Å²) in [5.41, 5.74) is 1.71. The number of aryl methyl sites for hydroxylation is 1.